The van der Waals surface area contributed by atoms with E-state index in [1.165, 1.54) is 11.4 Å². The molecule has 6 nitrogen and oxygen atoms in total. The monoisotopic (exact) mass is 278 g/mol. The van der Waals surface area contributed by atoms with E-state index in [1.54, 1.807) is 0 Å². The minimum absolute atomic E-state index is 0.178. The number of rotatable bonds is 2. The number of hydrogen-bond acceptors (Lipinski definition) is 4. The predicted octanol–water partition coefficient (Wildman–Crippen LogP) is 1.32. The lowest BCUT2D eigenvalue weighted by atomic mass is 10.0. The quantitative estimate of drug-likeness (QED) is 0.886. The van der Waals surface area contributed by atoms with Crippen LogP contribution in [-0.4, -0.2) is 46.8 Å². The van der Waals surface area contributed by atoms with Crippen LogP contribution in [-0.2, 0) is 17.7 Å². The number of carbonyl (C=O) groups excluding carboxylic acids is 1. The van der Waals surface area contributed by atoms with E-state index in [0.29, 0.717) is 12.6 Å². The number of ether oxygens (including phenoxy) is 1. The molecule has 2 aliphatic rings. The second-order valence-corrected chi connectivity index (χ2v) is 5.39. The van der Waals surface area contributed by atoms with Gasteiger partial charge in [-0.1, -0.05) is 0 Å². The predicted molar refractivity (Wildman–Crippen MR) is 74.5 cm³/mol. The van der Waals surface area contributed by atoms with E-state index < -0.39 is 0 Å². The first-order chi connectivity index (χ1) is 9.79. The smallest absolute Gasteiger partial charge is 0.409 e. The summed E-state index contributed by atoms with van der Waals surface area (Å²) >= 11 is 0. The second kappa shape index (κ2) is 5.83. The van der Waals surface area contributed by atoms with E-state index in [0.717, 1.165) is 45.4 Å². The lowest BCUT2D eigenvalue weighted by Gasteiger charge is -2.33. The first kappa shape index (κ1) is 13.4. The van der Waals surface area contributed by atoms with Crippen molar-refractivity contribution >= 4 is 6.09 Å². The van der Waals surface area contributed by atoms with Crippen molar-refractivity contribution in [3.63, 3.8) is 0 Å². The zero-order valence-electron chi connectivity index (χ0n) is 12.0. The highest BCUT2D eigenvalue weighted by Crippen LogP contribution is 2.26. The molecule has 1 aromatic heterocycles. The largest absolute Gasteiger partial charge is 0.450 e. The second-order valence-electron chi connectivity index (χ2n) is 5.39. The van der Waals surface area contributed by atoms with Crippen LogP contribution in [0.4, 0.5) is 4.79 Å². The van der Waals surface area contributed by atoms with Crippen molar-refractivity contribution in [3.8, 4) is 0 Å². The SMILES string of the molecule is CCOC(=O)N1CCC(n2cnc3c2CCNC3)CC1. The fourth-order valence-corrected chi connectivity index (χ4v) is 3.12. The molecule has 6 heteroatoms. The average molecular weight is 278 g/mol. The highest BCUT2D eigenvalue weighted by Gasteiger charge is 2.27. The Morgan fingerprint density at radius 1 is 1.50 bits per heavy atom. The molecule has 0 saturated carbocycles. The highest BCUT2D eigenvalue weighted by atomic mass is 16.6. The Labute approximate surface area is 119 Å². The third-order valence-electron chi connectivity index (χ3n) is 4.20. The highest BCUT2D eigenvalue weighted by molar-refractivity contribution is 5.67. The molecule has 20 heavy (non-hydrogen) atoms. The fraction of sp³-hybridized carbons (Fsp3) is 0.714. The molecule has 1 fully saturated rings. The molecule has 1 N–H and O–H groups in total. The van der Waals surface area contributed by atoms with Crippen molar-refractivity contribution in [2.75, 3.05) is 26.2 Å². The summed E-state index contributed by atoms with van der Waals surface area (Å²) in [4.78, 5) is 18.0. The summed E-state index contributed by atoms with van der Waals surface area (Å²) < 4.78 is 7.39. The number of hydrogen-bond donors (Lipinski definition) is 1. The Morgan fingerprint density at radius 2 is 2.30 bits per heavy atom. The van der Waals surface area contributed by atoms with Crippen LogP contribution in [0.5, 0.6) is 0 Å². The maximum atomic E-state index is 11.7. The molecule has 0 atom stereocenters. The van der Waals surface area contributed by atoms with Gasteiger partial charge in [-0.2, -0.15) is 0 Å². The van der Waals surface area contributed by atoms with Crippen molar-refractivity contribution in [2.24, 2.45) is 0 Å². The van der Waals surface area contributed by atoms with E-state index in [1.807, 2.05) is 18.2 Å². The van der Waals surface area contributed by atoms with Crippen LogP contribution >= 0.6 is 0 Å². The lowest BCUT2D eigenvalue weighted by Crippen LogP contribution is -2.39. The van der Waals surface area contributed by atoms with Gasteiger partial charge in [-0.25, -0.2) is 9.78 Å². The van der Waals surface area contributed by atoms with Crippen LogP contribution in [0.1, 0.15) is 37.2 Å². The van der Waals surface area contributed by atoms with Gasteiger partial charge in [-0.05, 0) is 19.8 Å². The summed E-state index contributed by atoms with van der Waals surface area (Å²) in [6, 6.07) is 0.468. The van der Waals surface area contributed by atoms with Crippen molar-refractivity contribution < 1.29 is 9.53 Å². The summed E-state index contributed by atoms with van der Waals surface area (Å²) in [6.07, 6.45) is 4.81. The third-order valence-corrected chi connectivity index (χ3v) is 4.20. The van der Waals surface area contributed by atoms with Gasteiger partial charge in [0.1, 0.15) is 0 Å². The van der Waals surface area contributed by atoms with Crippen molar-refractivity contribution in [2.45, 2.75) is 38.8 Å². The molecular weight excluding hydrogens is 256 g/mol. The van der Waals surface area contributed by atoms with E-state index in [4.69, 9.17) is 4.74 Å². The van der Waals surface area contributed by atoms with Gasteiger partial charge in [0.2, 0.25) is 0 Å². The van der Waals surface area contributed by atoms with Crippen molar-refractivity contribution in [1.29, 1.82) is 0 Å². The van der Waals surface area contributed by atoms with Gasteiger partial charge in [0.05, 0.1) is 18.6 Å². The number of imidazole rings is 1. The number of nitrogens with zero attached hydrogens (tertiary/aromatic N) is 3. The molecule has 1 amide bonds. The molecule has 3 heterocycles. The Morgan fingerprint density at radius 3 is 3.05 bits per heavy atom. The van der Waals surface area contributed by atoms with Crippen molar-refractivity contribution in [3.05, 3.63) is 17.7 Å². The van der Waals surface area contributed by atoms with E-state index in [-0.39, 0.29) is 6.09 Å². The van der Waals surface area contributed by atoms with Gasteiger partial charge in [0.15, 0.2) is 0 Å². The van der Waals surface area contributed by atoms with Crippen molar-refractivity contribution in [1.82, 2.24) is 19.8 Å². The van der Waals surface area contributed by atoms with Crippen LogP contribution < -0.4 is 5.32 Å². The Kier molecular flexibility index (Phi) is 3.91. The average Bonchev–Trinajstić information content (AvgIpc) is 2.92. The first-order valence-electron chi connectivity index (χ1n) is 7.46. The van der Waals surface area contributed by atoms with Gasteiger partial charge in [-0.15, -0.1) is 0 Å². The van der Waals surface area contributed by atoms with Gasteiger partial charge >= 0.3 is 6.09 Å². The number of aromatic nitrogens is 2. The minimum atomic E-state index is -0.178. The first-order valence-corrected chi connectivity index (χ1v) is 7.46. The zero-order valence-corrected chi connectivity index (χ0v) is 12.0. The normalized spacial score (nSPS) is 19.8. The molecule has 110 valence electrons. The number of fused-ring (bicyclic) bond motifs is 1. The van der Waals surface area contributed by atoms with Crippen LogP contribution in [0.3, 0.4) is 0 Å². The molecule has 0 aliphatic carbocycles. The summed E-state index contributed by atoms with van der Waals surface area (Å²) in [6.45, 7) is 5.74. The number of likely N-dealkylation sites (tertiary alicyclic amines) is 1. The van der Waals surface area contributed by atoms with Gasteiger partial charge in [0, 0.05) is 44.3 Å². The molecule has 3 rings (SSSR count). The molecule has 0 radical (unpaired) electrons. The fourth-order valence-electron chi connectivity index (χ4n) is 3.12. The zero-order chi connectivity index (χ0) is 13.9. The summed E-state index contributed by atoms with van der Waals surface area (Å²) in [5.74, 6) is 0. The van der Waals surface area contributed by atoms with Crippen LogP contribution in [0.2, 0.25) is 0 Å². The number of piperidine rings is 1. The Balaban J connectivity index is 1.63. The third kappa shape index (κ3) is 2.52. The number of carbonyl (C=O) groups is 1. The van der Waals surface area contributed by atoms with Crippen LogP contribution in [0.25, 0.3) is 0 Å². The molecular formula is C14H22N4O2. The van der Waals surface area contributed by atoms with Gasteiger partial charge < -0.3 is 19.5 Å². The number of nitrogens with one attached hydrogen (secondary N) is 1. The summed E-state index contributed by atoms with van der Waals surface area (Å²) in [5, 5.41) is 3.35. The molecule has 0 unspecified atom stereocenters. The molecule has 1 aromatic rings. The minimum Gasteiger partial charge on any atom is -0.450 e. The molecule has 0 aromatic carbocycles. The molecule has 2 aliphatic heterocycles. The van der Waals surface area contributed by atoms with Gasteiger partial charge in [0.25, 0.3) is 0 Å². The van der Waals surface area contributed by atoms with Crippen LogP contribution in [0, 0.1) is 0 Å². The Hall–Kier alpha value is -1.56. The summed E-state index contributed by atoms with van der Waals surface area (Å²) in [5.41, 5.74) is 2.56. The van der Waals surface area contributed by atoms with E-state index in [9.17, 15) is 4.79 Å². The maximum absolute atomic E-state index is 11.7. The Bertz CT molecular complexity index is 478. The van der Waals surface area contributed by atoms with E-state index >= 15 is 0 Å². The van der Waals surface area contributed by atoms with Gasteiger partial charge in [-0.3, -0.25) is 0 Å². The topological polar surface area (TPSA) is 59.4 Å². The molecule has 1 saturated heterocycles. The van der Waals surface area contributed by atoms with E-state index in [2.05, 4.69) is 14.9 Å². The summed E-state index contributed by atoms with van der Waals surface area (Å²) in [7, 11) is 0. The van der Waals surface area contributed by atoms with Crippen LogP contribution in [0.15, 0.2) is 6.33 Å². The molecule has 0 bridgehead atoms. The maximum Gasteiger partial charge on any atom is 0.409 e. The number of amides is 1. The lowest BCUT2D eigenvalue weighted by molar-refractivity contribution is 0.0924. The molecule has 0 spiro atoms. The standard InChI is InChI=1S/C14H22N4O2/c1-2-20-14(19)17-7-4-11(5-8-17)18-10-16-12-9-15-6-3-13(12)18/h10-11,15H,2-9H2,1H3.